The van der Waals surface area contributed by atoms with Gasteiger partial charge in [-0.2, -0.15) is 10.2 Å². The number of alkyl halides is 1. The third-order valence-corrected chi connectivity index (χ3v) is 7.62. The summed E-state index contributed by atoms with van der Waals surface area (Å²) < 4.78 is 4.35. The van der Waals surface area contributed by atoms with E-state index in [2.05, 4.69) is 118 Å². The van der Waals surface area contributed by atoms with Crippen molar-refractivity contribution in [1.82, 2.24) is 43.8 Å². The van der Waals surface area contributed by atoms with E-state index in [4.69, 9.17) is 28.9 Å². The van der Waals surface area contributed by atoms with Crippen LogP contribution in [0.3, 0.4) is 0 Å². The Kier molecular flexibility index (Phi) is 25.4. The molecule has 316 valence electrons. The van der Waals surface area contributed by atoms with Gasteiger partial charge in [0.15, 0.2) is 34.3 Å². The second kappa shape index (κ2) is 26.3. The number of hydrogen-bond acceptors (Lipinski definition) is 11. The van der Waals surface area contributed by atoms with Gasteiger partial charge in [-0.3, -0.25) is 29.3 Å². The zero-order valence-electron chi connectivity index (χ0n) is 31.6. The van der Waals surface area contributed by atoms with E-state index in [1.54, 1.807) is 16.6 Å². The summed E-state index contributed by atoms with van der Waals surface area (Å²) in [6, 6.07) is 7.77. The van der Waals surface area contributed by atoms with Gasteiger partial charge in [0.1, 0.15) is 33.2 Å². The molecule has 58 heavy (non-hydrogen) atoms. The number of fused-ring (bicyclic) bond motifs is 3. The molecule has 0 fully saturated rings. The number of nitrogens with one attached hydrogen (secondary N) is 1. The number of aryl methyl sites for hydroxylation is 4. The van der Waals surface area contributed by atoms with Crippen molar-refractivity contribution >= 4 is 146 Å². The molecule has 0 aliphatic carbocycles. The van der Waals surface area contributed by atoms with Crippen molar-refractivity contribution in [2.24, 2.45) is 10.7 Å². The van der Waals surface area contributed by atoms with Crippen molar-refractivity contribution < 1.29 is 19.3 Å². The van der Waals surface area contributed by atoms with E-state index in [0.717, 1.165) is 29.2 Å². The fourth-order valence-corrected chi connectivity index (χ4v) is 4.91. The third-order valence-electron chi connectivity index (χ3n) is 7.09. The van der Waals surface area contributed by atoms with Crippen LogP contribution < -0.4 is 11.3 Å². The number of carbonyl (C=O) groups excluding carboxylic acids is 3. The SMILES string of the molecule is C.C.CC(=O)c1cc(=O)n2[nH]c(C)cc2n1.CC(=O)c1cc(Cl)n2nc(C)c(C)c2n1.CC(=O)c1cc(Cl)n2nc(C)cc2n1.CC1=CC(N)=NC1.CI.[I][V]([I])[I]. The Hall–Kier alpha value is -2.04. The Morgan fingerprint density at radius 2 is 1.24 bits per heavy atom. The number of ketones is 3. The molecule has 0 unspecified atom stereocenters. The normalized spacial score (nSPS) is 11.0. The standard InChI is InChI=1S/C10H10ClN3O.C9H8ClN3O.C9H9N3O2.C5H8N2.CH3I.2CH4.3HI.V/c1-5-6(2)13-14-9(11)4-8(7(3)15)12-10(5)14;1-5-3-9-11-7(6(2)14)4-8(10)13(9)12-5;1-5-3-8-10-7(6(2)13)4-9(14)12(8)11-5;1-4-2-5(6)7-3-4;1-2;;;;;;/h4H,1-3H3;3-4H,1-2H3;3-4,11H,1-2H3;2H,3H2,1H3,(H2,6,7);1H3;2*1H4;3*1H;/q;;;;;;;;;;+3/p-3. The quantitative estimate of drug-likeness (QED) is 0.0744. The number of halogens is 6. The van der Waals surface area contributed by atoms with Crippen LogP contribution in [0.25, 0.3) is 16.9 Å². The molecule has 0 saturated heterocycles. The van der Waals surface area contributed by atoms with Crippen molar-refractivity contribution in [2.45, 2.75) is 70.2 Å². The molecule has 0 radical (unpaired) electrons. The number of H-pyrrole nitrogens is 1. The van der Waals surface area contributed by atoms with Crippen molar-refractivity contribution in [3.05, 3.63) is 102 Å². The first kappa shape index (κ1) is 56.0. The Morgan fingerprint density at radius 1 is 0.759 bits per heavy atom. The van der Waals surface area contributed by atoms with Crippen LogP contribution in [-0.4, -0.2) is 78.5 Å². The number of aliphatic imine (C=N–C) groups is 1. The van der Waals surface area contributed by atoms with Crippen molar-refractivity contribution in [1.29, 1.82) is 0 Å². The van der Waals surface area contributed by atoms with Gasteiger partial charge in [-0.05, 0) is 51.2 Å². The molecular weight excluding hydrogens is 1280 g/mol. The Labute approximate surface area is 399 Å². The molecular formula is C36H46Cl2I4N11O4V. The summed E-state index contributed by atoms with van der Waals surface area (Å²) in [6.07, 6.45) is 1.89. The number of Topliss-reactive ketones (excluding diaryl/α,β-unsaturated/α-hetero) is 3. The maximum atomic E-state index is 11.5. The van der Waals surface area contributed by atoms with Crippen LogP contribution in [0, 0.1) is 27.7 Å². The van der Waals surface area contributed by atoms with Crippen LogP contribution in [0.2, 0.25) is 10.3 Å². The molecule has 1 aliphatic rings. The summed E-state index contributed by atoms with van der Waals surface area (Å²) in [7, 11) is 0. The van der Waals surface area contributed by atoms with Crippen LogP contribution >= 0.6 is 106 Å². The second-order valence-corrected chi connectivity index (χ2v) is 47.8. The molecule has 0 spiro atoms. The van der Waals surface area contributed by atoms with Crippen molar-refractivity contribution in [3.8, 4) is 0 Å². The fourth-order valence-electron chi connectivity index (χ4n) is 4.46. The number of rotatable bonds is 3. The molecule has 0 atom stereocenters. The second-order valence-electron chi connectivity index (χ2n) is 11.6. The van der Waals surface area contributed by atoms with Gasteiger partial charge in [0.25, 0.3) is 5.56 Å². The molecule has 0 bridgehead atoms. The van der Waals surface area contributed by atoms with Gasteiger partial charge >= 0.3 is 64.9 Å². The molecule has 6 aromatic rings. The predicted octanol–water partition coefficient (Wildman–Crippen LogP) is 9.91. The summed E-state index contributed by atoms with van der Waals surface area (Å²) in [5, 5.41) is 12.0. The van der Waals surface area contributed by atoms with Crippen molar-refractivity contribution in [3.63, 3.8) is 0 Å². The minimum absolute atomic E-state index is 0. The summed E-state index contributed by atoms with van der Waals surface area (Å²) in [5.74, 6) is 0.256. The van der Waals surface area contributed by atoms with Gasteiger partial charge in [-0.1, -0.05) is 60.6 Å². The van der Waals surface area contributed by atoms with Crippen LogP contribution in [0.15, 0.2) is 51.8 Å². The zero-order chi connectivity index (χ0) is 42.6. The Bertz CT molecular complexity index is 2490. The van der Waals surface area contributed by atoms with Gasteiger partial charge in [0.05, 0.1) is 17.9 Å². The first-order valence-corrected chi connectivity index (χ1v) is 32.4. The van der Waals surface area contributed by atoms with Gasteiger partial charge in [-0.15, -0.1) is 0 Å². The molecule has 0 aromatic carbocycles. The number of nitrogens with zero attached hydrogens (tertiary/aromatic N) is 9. The first-order valence-electron chi connectivity index (χ1n) is 16.0. The molecule has 1 aliphatic heterocycles. The number of hydrogen-bond donors (Lipinski definition) is 2. The van der Waals surface area contributed by atoms with Crippen LogP contribution in [0.1, 0.15) is 96.7 Å². The fraction of sp³-hybridized carbons (Fsp3) is 0.333. The first-order chi connectivity index (χ1) is 26.2. The van der Waals surface area contributed by atoms with E-state index >= 15 is 0 Å². The van der Waals surface area contributed by atoms with Crippen LogP contribution in [0.5, 0.6) is 0 Å². The summed E-state index contributed by atoms with van der Waals surface area (Å²) in [6.45, 7) is 14.6. The van der Waals surface area contributed by atoms with Gasteiger partial charge < -0.3 is 5.73 Å². The Morgan fingerprint density at radius 3 is 1.71 bits per heavy atom. The summed E-state index contributed by atoms with van der Waals surface area (Å²) in [5.41, 5.74) is 12.4. The molecule has 22 heteroatoms. The van der Waals surface area contributed by atoms with E-state index in [-0.39, 0.29) is 48.4 Å². The van der Waals surface area contributed by atoms with Crippen molar-refractivity contribution in [2.75, 3.05) is 11.5 Å². The number of aromatic amines is 1. The minimum atomic E-state index is -0.278. The van der Waals surface area contributed by atoms with Crippen LogP contribution in [-0.2, 0) is 4.92 Å². The van der Waals surface area contributed by atoms with E-state index < -0.39 is 0 Å². The van der Waals surface area contributed by atoms with Gasteiger partial charge in [0.2, 0.25) is 0 Å². The summed E-state index contributed by atoms with van der Waals surface area (Å²) >= 11 is 21.5. The number of aromatic nitrogens is 9. The Balaban J connectivity index is 0.000000721. The molecule has 0 amide bonds. The van der Waals surface area contributed by atoms with Gasteiger partial charge in [-0.25, -0.2) is 28.5 Å². The van der Waals surface area contributed by atoms with Crippen LogP contribution in [0.4, 0.5) is 0 Å². The monoisotopic (exact) mass is 1320 g/mol. The average molecular weight is 1330 g/mol. The van der Waals surface area contributed by atoms with E-state index in [0.29, 0.717) is 44.5 Å². The maximum absolute atomic E-state index is 11.5. The zero-order valence-corrected chi connectivity index (χ0v) is 43.2. The predicted molar refractivity (Wildman–Crippen MR) is 266 cm³/mol. The molecule has 15 nitrogen and oxygen atoms in total. The number of amidine groups is 1. The average Bonchev–Trinajstić information content (AvgIpc) is 3.88. The molecule has 6 aromatic heterocycles. The van der Waals surface area contributed by atoms with E-state index in [1.807, 2.05) is 45.6 Å². The number of nitrogens with two attached hydrogens (primary N) is 1. The molecule has 0 saturated carbocycles. The third kappa shape index (κ3) is 16.8. The molecule has 3 N–H and O–H groups in total. The number of carbonyl (C=O) groups is 3. The molecule has 7 rings (SSSR count). The molecule has 7 heterocycles. The van der Waals surface area contributed by atoms with E-state index in [9.17, 15) is 19.2 Å². The topological polar surface area (TPSA) is 200 Å². The summed E-state index contributed by atoms with van der Waals surface area (Å²) in [4.78, 5) is 62.8. The van der Waals surface area contributed by atoms with E-state index in [1.165, 1.54) is 53.6 Å². The van der Waals surface area contributed by atoms with Gasteiger partial charge in [0, 0.05) is 62.4 Å².